The van der Waals surface area contributed by atoms with Gasteiger partial charge >= 0.3 is 0 Å². The number of anilines is 1. The zero-order valence-electron chi connectivity index (χ0n) is 11.7. The van der Waals surface area contributed by atoms with Crippen molar-refractivity contribution in [2.75, 3.05) is 16.8 Å². The van der Waals surface area contributed by atoms with Crippen LogP contribution >= 0.6 is 15.9 Å². The van der Waals surface area contributed by atoms with Crippen molar-refractivity contribution in [1.82, 2.24) is 9.55 Å². The van der Waals surface area contributed by atoms with Gasteiger partial charge < -0.3 is 9.47 Å². The molecule has 1 saturated carbocycles. The van der Waals surface area contributed by atoms with Gasteiger partial charge in [-0.1, -0.05) is 29.8 Å². The third-order valence-corrected chi connectivity index (χ3v) is 4.13. The Morgan fingerprint density at radius 2 is 2.16 bits per heavy atom. The van der Waals surface area contributed by atoms with Gasteiger partial charge in [0.25, 0.3) is 5.56 Å². The summed E-state index contributed by atoms with van der Waals surface area (Å²) >= 11 is 3.48. The molecule has 1 aliphatic rings. The lowest BCUT2D eigenvalue weighted by Gasteiger charge is -2.30. The van der Waals surface area contributed by atoms with Gasteiger partial charge in [-0.05, 0) is 25.7 Å². The topological polar surface area (TPSA) is 38.1 Å². The molecule has 1 aliphatic carbocycles. The first-order valence-electron chi connectivity index (χ1n) is 7.12. The maximum absolute atomic E-state index is 12.5. The van der Waals surface area contributed by atoms with E-state index in [0.29, 0.717) is 17.9 Å². The maximum Gasteiger partial charge on any atom is 0.293 e. The van der Waals surface area contributed by atoms with Crippen molar-refractivity contribution in [2.45, 2.75) is 51.6 Å². The number of aromatic nitrogens is 2. The Hall–Kier alpha value is -0.840. The molecule has 4 nitrogen and oxygen atoms in total. The fourth-order valence-corrected chi connectivity index (χ4v) is 2.92. The molecule has 1 fully saturated rings. The lowest BCUT2D eigenvalue weighted by molar-refractivity contribution is 0.556. The molecule has 0 saturated heterocycles. The van der Waals surface area contributed by atoms with E-state index < -0.39 is 0 Å². The summed E-state index contributed by atoms with van der Waals surface area (Å²) in [6.07, 6.45) is 7.88. The number of rotatable bonds is 7. The summed E-state index contributed by atoms with van der Waals surface area (Å²) in [4.78, 5) is 19.1. The predicted octanol–water partition coefficient (Wildman–Crippen LogP) is 2.97. The first-order chi connectivity index (χ1) is 9.22. The fourth-order valence-electron chi connectivity index (χ4n) is 2.53. The van der Waals surface area contributed by atoms with Crippen molar-refractivity contribution in [3.05, 3.63) is 22.7 Å². The van der Waals surface area contributed by atoms with Gasteiger partial charge in [0.2, 0.25) is 0 Å². The molecular formula is C14H22BrN3O. The van der Waals surface area contributed by atoms with Crippen LogP contribution in [0, 0.1) is 0 Å². The second-order valence-electron chi connectivity index (χ2n) is 5.05. The summed E-state index contributed by atoms with van der Waals surface area (Å²) in [5.74, 6) is 0.613. The average Bonchev–Trinajstić information content (AvgIpc) is 3.24. The molecule has 5 heteroatoms. The Morgan fingerprint density at radius 3 is 2.68 bits per heavy atom. The number of nitrogens with zero attached hydrogens (tertiary/aromatic N) is 3. The van der Waals surface area contributed by atoms with Crippen molar-refractivity contribution >= 4 is 21.7 Å². The smallest absolute Gasteiger partial charge is 0.293 e. The molecule has 0 amide bonds. The van der Waals surface area contributed by atoms with E-state index in [1.165, 1.54) is 0 Å². The van der Waals surface area contributed by atoms with Crippen LogP contribution in [0.4, 0.5) is 5.82 Å². The molecular weight excluding hydrogens is 306 g/mol. The zero-order chi connectivity index (χ0) is 13.8. The highest BCUT2D eigenvalue weighted by Gasteiger charge is 2.27. The van der Waals surface area contributed by atoms with E-state index in [1.54, 1.807) is 6.20 Å². The van der Waals surface area contributed by atoms with Gasteiger partial charge in [-0.2, -0.15) is 0 Å². The molecule has 1 aromatic heterocycles. The van der Waals surface area contributed by atoms with Crippen LogP contribution in [0.15, 0.2) is 17.2 Å². The molecule has 0 radical (unpaired) electrons. The highest BCUT2D eigenvalue weighted by Crippen LogP contribution is 2.33. The Bertz CT molecular complexity index is 466. The van der Waals surface area contributed by atoms with Crippen LogP contribution in [-0.4, -0.2) is 27.5 Å². The first kappa shape index (κ1) is 14.6. The fraction of sp³-hybridized carbons (Fsp3) is 0.714. The van der Waals surface area contributed by atoms with Crippen LogP contribution in [0.5, 0.6) is 0 Å². The molecule has 1 aromatic rings. The molecule has 0 bridgehead atoms. The van der Waals surface area contributed by atoms with Crippen molar-refractivity contribution in [3.8, 4) is 0 Å². The third kappa shape index (κ3) is 3.19. The SMILES string of the molecule is CCC(CC)N(CCBr)c1nccn(C2CC2)c1=O. The summed E-state index contributed by atoms with van der Waals surface area (Å²) < 4.78 is 1.85. The molecule has 0 N–H and O–H groups in total. The van der Waals surface area contributed by atoms with E-state index in [9.17, 15) is 4.79 Å². The predicted molar refractivity (Wildman–Crippen MR) is 82.3 cm³/mol. The van der Waals surface area contributed by atoms with Gasteiger partial charge in [0, 0.05) is 36.4 Å². The Labute approximate surface area is 123 Å². The minimum Gasteiger partial charge on any atom is -0.348 e. The van der Waals surface area contributed by atoms with Gasteiger partial charge in [-0.25, -0.2) is 4.98 Å². The normalized spacial score (nSPS) is 14.9. The lowest BCUT2D eigenvalue weighted by atomic mass is 10.1. The second-order valence-corrected chi connectivity index (χ2v) is 5.84. The van der Waals surface area contributed by atoms with Crippen molar-refractivity contribution in [2.24, 2.45) is 0 Å². The number of hydrogen-bond acceptors (Lipinski definition) is 3. The molecule has 2 rings (SSSR count). The monoisotopic (exact) mass is 327 g/mol. The number of halogens is 1. The standard InChI is InChI=1S/C14H22BrN3O/c1-3-11(4-2)17(9-7-15)13-14(19)18(10-8-16-13)12-5-6-12/h8,10-12H,3-7,9H2,1-2H3. The summed E-state index contributed by atoms with van der Waals surface area (Å²) in [5, 5.41) is 0.850. The van der Waals surface area contributed by atoms with Crippen LogP contribution < -0.4 is 10.5 Å². The molecule has 0 spiro atoms. The van der Waals surface area contributed by atoms with Gasteiger partial charge in [-0.3, -0.25) is 4.79 Å². The van der Waals surface area contributed by atoms with Crippen LogP contribution in [0.25, 0.3) is 0 Å². The van der Waals surface area contributed by atoms with Gasteiger partial charge in [0.15, 0.2) is 5.82 Å². The molecule has 19 heavy (non-hydrogen) atoms. The van der Waals surface area contributed by atoms with Gasteiger partial charge in [0.1, 0.15) is 0 Å². The molecule has 1 heterocycles. The van der Waals surface area contributed by atoms with E-state index in [4.69, 9.17) is 0 Å². The highest BCUT2D eigenvalue weighted by atomic mass is 79.9. The number of hydrogen-bond donors (Lipinski definition) is 0. The summed E-state index contributed by atoms with van der Waals surface area (Å²) in [6.45, 7) is 5.15. The molecule has 0 unspecified atom stereocenters. The number of alkyl halides is 1. The average molecular weight is 328 g/mol. The summed E-state index contributed by atoms with van der Waals surface area (Å²) in [5.41, 5.74) is 0.0675. The maximum atomic E-state index is 12.5. The van der Waals surface area contributed by atoms with Gasteiger partial charge in [-0.15, -0.1) is 0 Å². The van der Waals surface area contributed by atoms with E-state index in [0.717, 1.165) is 37.6 Å². The van der Waals surface area contributed by atoms with E-state index in [-0.39, 0.29) is 5.56 Å². The second kappa shape index (κ2) is 6.55. The minimum absolute atomic E-state index is 0.0675. The first-order valence-corrected chi connectivity index (χ1v) is 8.24. The summed E-state index contributed by atoms with van der Waals surface area (Å²) in [7, 11) is 0. The van der Waals surface area contributed by atoms with Crippen molar-refractivity contribution in [3.63, 3.8) is 0 Å². The third-order valence-electron chi connectivity index (χ3n) is 3.77. The largest absolute Gasteiger partial charge is 0.348 e. The van der Waals surface area contributed by atoms with E-state index in [2.05, 4.69) is 39.7 Å². The van der Waals surface area contributed by atoms with Crippen LogP contribution in [-0.2, 0) is 0 Å². The van der Waals surface area contributed by atoms with E-state index in [1.807, 2.05) is 10.8 Å². The minimum atomic E-state index is 0.0675. The molecule has 0 atom stereocenters. The Kier molecular flexibility index (Phi) is 5.02. The van der Waals surface area contributed by atoms with Crippen LogP contribution in [0.1, 0.15) is 45.6 Å². The van der Waals surface area contributed by atoms with Crippen LogP contribution in [0.2, 0.25) is 0 Å². The molecule has 106 valence electrons. The molecule has 0 aliphatic heterocycles. The van der Waals surface area contributed by atoms with Crippen molar-refractivity contribution < 1.29 is 0 Å². The zero-order valence-corrected chi connectivity index (χ0v) is 13.3. The Balaban J connectivity index is 2.35. The van der Waals surface area contributed by atoms with E-state index >= 15 is 0 Å². The van der Waals surface area contributed by atoms with Crippen molar-refractivity contribution in [1.29, 1.82) is 0 Å². The quantitative estimate of drug-likeness (QED) is 0.722. The highest BCUT2D eigenvalue weighted by molar-refractivity contribution is 9.09. The summed E-state index contributed by atoms with van der Waals surface area (Å²) in [6, 6.07) is 0.787. The molecule has 0 aromatic carbocycles. The Morgan fingerprint density at radius 1 is 1.47 bits per heavy atom. The van der Waals surface area contributed by atoms with Gasteiger partial charge in [0.05, 0.1) is 0 Å². The van der Waals surface area contributed by atoms with Crippen LogP contribution in [0.3, 0.4) is 0 Å². The lowest BCUT2D eigenvalue weighted by Crippen LogP contribution is -2.41.